The predicted molar refractivity (Wildman–Crippen MR) is 82.3 cm³/mol. The highest BCUT2D eigenvalue weighted by molar-refractivity contribution is 6.18. The van der Waals surface area contributed by atoms with Crippen LogP contribution in [0.1, 0.15) is 11.1 Å². The Morgan fingerprint density at radius 2 is 2.04 bits per heavy atom. The van der Waals surface area contributed by atoms with Crippen molar-refractivity contribution in [2.24, 2.45) is 0 Å². The van der Waals surface area contributed by atoms with Gasteiger partial charge in [0, 0.05) is 34.5 Å². The van der Waals surface area contributed by atoms with E-state index in [0.29, 0.717) is 11.0 Å². The van der Waals surface area contributed by atoms with Crippen LogP contribution in [0, 0.1) is 17.0 Å². The summed E-state index contributed by atoms with van der Waals surface area (Å²) in [5.74, 6) is -2.77. The van der Waals surface area contributed by atoms with Gasteiger partial charge in [0.25, 0.3) is 0 Å². The molecule has 0 atom stereocenters. The summed E-state index contributed by atoms with van der Waals surface area (Å²) in [5, 5.41) is 27.8. The highest BCUT2D eigenvalue weighted by Crippen LogP contribution is 2.31. The van der Waals surface area contributed by atoms with Gasteiger partial charge in [-0.25, -0.2) is 13.8 Å². The summed E-state index contributed by atoms with van der Waals surface area (Å²) in [4.78, 5) is 6.74. The van der Waals surface area contributed by atoms with E-state index < -0.39 is 17.4 Å². The van der Waals surface area contributed by atoms with Gasteiger partial charge in [-0.15, -0.1) is 0 Å². The molecule has 2 aromatic heterocycles. The zero-order valence-corrected chi connectivity index (χ0v) is 11.6. The second-order valence-electron chi connectivity index (χ2n) is 4.80. The lowest BCUT2D eigenvalue weighted by molar-refractivity contribution is 0.474. The number of nitrogens with zero attached hydrogens (tertiary/aromatic N) is 1. The monoisotopic (exact) mass is 315 g/mol. The number of rotatable bonds is 3. The minimum atomic E-state index is -1.15. The first-order valence-corrected chi connectivity index (χ1v) is 6.57. The normalized spacial score (nSPS) is 12.3. The van der Waals surface area contributed by atoms with Gasteiger partial charge in [0.05, 0.1) is 6.20 Å². The quantitative estimate of drug-likeness (QED) is 0.439. The first kappa shape index (κ1) is 14.7. The van der Waals surface area contributed by atoms with Crippen molar-refractivity contribution in [2.75, 3.05) is 0 Å². The Kier molecular flexibility index (Phi) is 3.53. The van der Waals surface area contributed by atoms with Crippen LogP contribution in [0.5, 0.6) is 5.75 Å². The van der Waals surface area contributed by atoms with Crippen molar-refractivity contribution in [2.45, 2.75) is 0 Å². The Morgan fingerprint density at radius 1 is 1.26 bits per heavy atom. The molecule has 3 aromatic rings. The molecule has 116 valence electrons. The van der Waals surface area contributed by atoms with Crippen LogP contribution in [0.4, 0.5) is 8.78 Å². The Balaban J connectivity index is 2.26. The van der Waals surface area contributed by atoms with Crippen molar-refractivity contribution in [1.29, 1.82) is 5.41 Å². The second-order valence-corrected chi connectivity index (χ2v) is 4.80. The second kappa shape index (κ2) is 5.53. The van der Waals surface area contributed by atoms with Crippen molar-refractivity contribution in [3.05, 3.63) is 59.4 Å². The third-order valence-electron chi connectivity index (χ3n) is 3.41. The maximum absolute atomic E-state index is 13.9. The van der Waals surface area contributed by atoms with Gasteiger partial charge in [-0.3, -0.25) is 0 Å². The van der Waals surface area contributed by atoms with E-state index in [2.05, 4.69) is 9.97 Å². The molecule has 0 bridgehead atoms. The molecule has 0 spiro atoms. The summed E-state index contributed by atoms with van der Waals surface area (Å²) in [6.07, 6.45) is 3.38. The van der Waals surface area contributed by atoms with Crippen LogP contribution >= 0.6 is 0 Å². The third-order valence-corrected chi connectivity index (χ3v) is 3.41. The molecule has 7 heteroatoms. The molecule has 0 amide bonds. The third kappa shape index (κ3) is 2.42. The van der Waals surface area contributed by atoms with Crippen molar-refractivity contribution in [1.82, 2.24) is 9.97 Å². The molecule has 0 saturated heterocycles. The van der Waals surface area contributed by atoms with E-state index in [9.17, 15) is 19.0 Å². The number of hydrogen-bond donors (Lipinski definition) is 4. The van der Waals surface area contributed by atoms with Crippen molar-refractivity contribution < 1.29 is 19.0 Å². The lowest BCUT2D eigenvalue weighted by Gasteiger charge is -2.08. The summed E-state index contributed by atoms with van der Waals surface area (Å²) < 4.78 is 27.3. The van der Waals surface area contributed by atoms with Crippen LogP contribution in [-0.2, 0) is 0 Å². The van der Waals surface area contributed by atoms with Gasteiger partial charge >= 0.3 is 0 Å². The van der Waals surface area contributed by atoms with E-state index in [1.807, 2.05) is 0 Å². The van der Waals surface area contributed by atoms with E-state index in [0.717, 1.165) is 12.3 Å². The van der Waals surface area contributed by atoms with Crippen LogP contribution in [-0.4, -0.2) is 26.4 Å². The number of aromatic amines is 1. The van der Waals surface area contributed by atoms with Gasteiger partial charge in [-0.1, -0.05) is 12.1 Å². The minimum absolute atomic E-state index is 0.112. The summed E-state index contributed by atoms with van der Waals surface area (Å²) >= 11 is 0. The first-order valence-electron chi connectivity index (χ1n) is 6.57. The molecular formula is C16H11F2N3O2. The Morgan fingerprint density at radius 3 is 2.78 bits per heavy atom. The fourth-order valence-corrected chi connectivity index (χ4v) is 2.32. The molecule has 1 aromatic carbocycles. The van der Waals surface area contributed by atoms with Gasteiger partial charge < -0.3 is 20.6 Å². The first-order chi connectivity index (χ1) is 11.0. The largest absolute Gasteiger partial charge is 0.507 e. The van der Waals surface area contributed by atoms with Gasteiger partial charge in [0.1, 0.15) is 17.2 Å². The summed E-state index contributed by atoms with van der Waals surface area (Å²) in [5.41, 5.74) is 0.185. The molecule has 0 unspecified atom stereocenters. The number of aromatic nitrogens is 2. The molecular weight excluding hydrogens is 304 g/mol. The van der Waals surface area contributed by atoms with Gasteiger partial charge in [0.2, 0.25) is 0 Å². The Hall–Kier alpha value is -3.22. The van der Waals surface area contributed by atoms with Crippen molar-refractivity contribution >= 4 is 28.6 Å². The summed E-state index contributed by atoms with van der Waals surface area (Å²) in [6.45, 7) is 0. The van der Waals surface area contributed by atoms with Gasteiger partial charge in [-0.05, 0) is 12.1 Å². The molecule has 0 saturated carbocycles. The van der Waals surface area contributed by atoms with Crippen LogP contribution in [0.3, 0.4) is 0 Å². The van der Waals surface area contributed by atoms with Crippen LogP contribution in [0.2, 0.25) is 0 Å². The predicted octanol–water partition coefficient (Wildman–Crippen LogP) is 3.62. The van der Waals surface area contributed by atoms with E-state index in [1.54, 1.807) is 0 Å². The number of H-pyrrole nitrogens is 1. The average Bonchev–Trinajstić information content (AvgIpc) is 2.95. The standard InChI is InChI=1S/C16H11F2N3O2/c17-13-3-1-2-9(14(13)18)11(5-19)15(23)12-7-21-16-10(12)4-8(22)6-20-16/h1-7,19,22-23H,(H,20,21)/b15-11+,19-5?. The zero-order chi connectivity index (χ0) is 16.6. The molecule has 3 rings (SSSR count). The molecule has 0 aliphatic rings. The number of fused-ring (bicyclic) bond motifs is 1. The molecule has 5 nitrogen and oxygen atoms in total. The van der Waals surface area contributed by atoms with Crippen LogP contribution < -0.4 is 0 Å². The number of allylic oxidation sites excluding steroid dienone is 1. The molecule has 23 heavy (non-hydrogen) atoms. The zero-order valence-electron chi connectivity index (χ0n) is 11.6. The van der Waals surface area contributed by atoms with E-state index in [1.165, 1.54) is 30.6 Å². The lowest BCUT2D eigenvalue weighted by atomic mass is 10.0. The number of aliphatic hydroxyl groups is 1. The highest BCUT2D eigenvalue weighted by Gasteiger charge is 2.18. The van der Waals surface area contributed by atoms with E-state index in [4.69, 9.17) is 5.41 Å². The number of benzene rings is 1. The number of aromatic hydroxyl groups is 1. The van der Waals surface area contributed by atoms with Gasteiger partial charge in [0.15, 0.2) is 11.6 Å². The summed E-state index contributed by atoms with van der Waals surface area (Å²) in [6, 6.07) is 4.87. The summed E-state index contributed by atoms with van der Waals surface area (Å²) in [7, 11) is 0. The Bertz CT molecular complexity index is 948. The topological polar surface area (TPSA) is 93.0 Å². The minimum Gasteiger partial charge on any atom is -0.507 e. The van der Waals surface area contributed by atoms with Crippen LogP contribution in [0.25, 0.3) is 22.4 Å². The fourth-order valence-electron chi connectivity index (χ4n) is 2.32. The molecule has 0 radical (unpaired) electrons. The van der Waals surface area contributed by atoms with E-state index >= 15 is 0 Å². The average molecular weight is 315 g/mol. The maximum atomic E-state index is 13.9. The van der Waals surface area contributed by atoms with Crippen LogP contribution in [0.15, 0.2) is 36.7 Å². The molecule has 4 N–H and O–H groups in total. The van der Waals surface area contributed by atoms with E-state index in [-0.39, 0.29) is 22.4 Å². The van der Waals surface area contributed by atoms with Crippen molar-refractivity contribution in [3.63, 3.8) is 0 Å². The number of hydrogen-bond acceptors (Lipinski definition) is 4. The molecule has 0 aliphatic heterocycles. The molecule has 0 aliphatic carbocycles. The molecule has 2 heterocycles. The SMILES string of the molecule is N=C/C(=C(\O)c1c[nH]c2ncc(O)cc12)c1cccc(F)c1F. The highest BCUT2D eigenvalue weighted by atomic mass is 19.2. The fraction of sp³-hybridized carbons (Fsp3) is 0. The number of halogens is 2. The smallest absolute Gasteiger partial charge is 0.166 e. The number of nitrogens with one attached hydrogen (secondary N) is 2. The number of aliphatic hydroxyl groups excluding tert-OH is 1. The lowest BCUT2D eigenvalue weighted by Crippen LogP contribution is -1.98. The number of pyridine rings is 1. The van der Waals surface area contributed by atoms with Gasteiger partial charge in [-0.2, -0.15) is 0 Å². The maximum Gasteiger partial charge on any atom is 0.166 e. The molecule has 0 fully saturated rings. The Labute approximate surface area is 129 Å². The van der Waals surface area contributed by atoms with Crippen molar-refractivity contribution in [3.8, 4) is 5.75 Å².